The van der Waals surface area contributed by atoms with Gasteiger partial charge in [0.15, 0.2) is 5.96 Å². The molecule has 0 saturated heterocycles. The Labute approximate surface area is 163 Å². The highest BCUT2D eigenvalue weighted by atomic mass is 127. The standard InChI is InChI=1S/C16H18Cl2N4.HI/c1-19-16(22-11-13-5-6-15(18)21-10-13)20-8-7-12-3-2-4-14(17)9-12;/h2-6,9-10H,7-8,11H2,1H3,(H2,19,20,22);1H. The van der Waals surface area contributed by atoms with Crippen LogP contribution in [0.25, 0.3) is 0 Å². The molecule has 1 aromatic heterocycles. The molecule has 2 N–H and O–H groups in total. The summed E-state index contributed by atoms with van der Waals surface area (Å²) < 4.78 is 0. The van der Waals surface area contributed by atoms with E-state index in [0.717, 1.165) is 29.5 Å². The minimum Gasteiger partial charge on any atom is -0.356 e. The number of aliphatic imine (C=N–C) groups is 1. The van der Waals surface area contributed by atoms with Crippen LogP contribution >= 0.6 is 47.2 Å². The van der Waals surface area contributed by atoms with Gasteiger partial charge in [-0.05, 0) is 35.7 Å². The minimum absolute atomic E-state index is 0. The molecule has 0 atom stereocenters. The number of halogens is 3. The first-order valence-electron chi connectivity index (χ1n) is 6.97. The van der Waals surface area contributed by atoms with Crippen molar-refractivity contribution in [3.05, 3.63) is 63.9 Å². The Morgan fingerprint density at radius 2 is 1.96 bits per heavy atom. The van der Waals surface area contributed by atoms with Crippen molar-refractivity contribution in [1.82, 2.24) is 15.6 Å². The molecule has 2 rings (SSSR count). The van der Waals surface area contributed by atoms with E-state index in [0.29, 0.717) is 11.7 Å². The number of pyridine rings is 1. The van der Waals surface area contributed by atoms with Crippen LogP contribution in [0.3, 0.4) is 0 Å². The number of hydrogen-bond donors (Lipinski definition) is 2. The predicted octanol–water partition coefficient (Wildman–Crippen LogP) is 3.91. The second-order valence-electron chi connectivity index (χ2n) is 4.72. The van der Waals surface area contributed by atoms with E-state index >= 15 is 0 Å². The third kappa shape index (κ3) is 7.37. The first-order valence-corrected chi connectivity index (χ1v) is 7.72. The molecule has 0 unspecified atom stereocenters. The molecule has 1 aromatic carbocycles. The summed E-state index contributed by atoms with van der Waals surface area (Å²) in [6, 6.07) is 11.6. The number of benzene rings is 1. The Morgan fingerprint density at radius 3 is 2.61 bits per heavy atom. The van der Waals surface area contributed by atoms with E-state index < -0.39 is 0 Å². The summed E-state index contributed by atoms with van der Waals surface area (Å²) in [5.74, 6) is 0.747. The first kappa shape index (κ1) is 20.0. The molecule has 124 valence electrons. The van der Waals surface area contributed by atoms with Gasteiger partial charge >= 0.3 is 0 Å². The fourth-order valence-electron chi connectivity index (χ4n) is 1.94. The molecule has 0 bridgehead atoms. The van der Waals surface area contributed by atoms with Crippen molar-refractivity contribution >= 4 is 53.1 Å². The number of rotatable bonds is 5. The van der Waals surface area contributed by atoms with Crippen LogP contribution in [0.1, 0.15) is 11.1 Å². The molecule has 0 radical (unpaired) electrons. The first-order chi connectivity index (χ1) is 10.7. The summed E-state index contributed by atoms with van der Waals surface area (Å²) in [6.45, 7) is 1.42. The Morgan fingerprint density at radius 1 is 1.13 bits per heavy atom. The summed E-state index contributed by atoms with van der Waals surface area (Å²) in [7, 11) is 1.74. The van der Waals surface area contributed by atoms with Gasteiger partial charge in [0.05, 0.1) is 0 Å². The molecular weight excluding hydrogens is 446 g/mol. The highest BCUT2D eigenvalue weighted by molar-refractivity contribution is 14.0. The molecule has 0 fully saturated rings. The fraction of sp³-hybridized carbons (Fsp3) is 0.250. The van der Waals surface area contributed by atoms with Gasteiger partial charge in [-0.3, -0.25) is 4.99 Å². The minimum atomic E-state index is 0. The summed E-state index contributed by atoms with van der Waals surface area (Å²) in [5.41, 5.74) is 2.24. The van der Waals surface area contributed by atoms with Gasteiger partial charge in [0, 0.05) is 31.4 Å². The zero-order valence-corrected chi connectivity index (χ0v) is 16.6. The van der Waals surface area contributed by atoms with Gasteiger partial charge < -0.3 is 10.6 Å². The average Bonchev–Trinajstić information content (AvgIpc) is 2.52. The van der Waals surface area contributed by atoms with Crippen LogP contribution < -0.4 is 10.6 Å². The summed E-state index contributed by atoms with van der Waals surface area (Å²) in [6.07, 6.45) is 2.62. The van der Waals surface area contributed by atoms with Crippen molar-refractivity contribution in [2.75, 3.05) is 13.6 Å². The molecule has 0 aliphatic heterocycles. The highest BCUT2D eigenvalue weighted by Gasteiger charge is 2.00. The van der Waals surface area contributed by atoms with Gasteiger partial charge in [0.1, 0.15) is 5.15 Å². The van der Waals surface area contributed by atoms with E-state index in [-0.39, 0.29) is 24.0 Å². The van der Waals surface area contributed by atoms with Gasteiger partial charge in [-0.25, -0.2) is 4.98 Å². The topological polar surface area (TPSA) is 49.3 Å². The van der Waals surface area contributed by atoms with Crippen molar-refractivity contribution < 1.29 is 0 Å². The Kier molecular flexibility index (Phi) is 9.28. The van der Waals surface area contributed by atoms with Crippen molar-refractivity contribution in [3.63, 3.8) is 0 Å². The molecule has 0 aliphatic rings. The number of guanidine groups is 1. The number of aromatic nitrogens is 1. The van der Waals surface area contributed by atoms with Crippen LogP contribution in [-0.2, 0) is 13.0 Å². The van der Waals surface area contributed by atoms with Crippen molar-refractivity contribution in [1.29, 1.82) is 0 Å². The van der Waals surface area contributed by atoms with E-state index in [1.54, 1.807) is 19.3 Å². The fourth-order valence-corrected chi connectivity index (χ4v) is 2.26. The van der Waals surface area contributed by atoms with E-state index in [4.69, 9.17) is 23.2 Å². The molecule has 7 heteroatoms. The van der Waals surface area contributed by atoms with Crippen LogP contribution in [0.2, 0.25) is 10.2 Å². The highest BCUT2D eigenvalue weighted by Crippen LogP contribution is 2.10. The maximum Gasteiger partial charge on any atom is 0.191 e. The lowest BCUT2D eigenvalue weighted by molar-refractivity contribution is 0.793. The zero-order valence-electron chi connectivity index (χ0n) is 12.7. The Balaban J connectivity index is 0.00000264. The SMILES string of the molecule is CN=C(NCCc1cccc(Cl)c1)NCc1ccc(Cl)nc1.I. The lowest BCUT2D eigenvalue weighted by atomic mass is 10.1. The van der Waals surface area contributed by atoms with Crippen LogP contribution in [0.4, 0.5) is 0 Å². The third-order valence-corrected chi connectivity index (χ3v) is 3.53. The molecule has 0 amide bonds. The molecule has 1 heterocycles. The molecular formula is C16H19Cl2IN4. The number of nitrogens with zero attached hydrogens (tertiary/aromatic N) is 2. The zero-order chi connectivity index (χ0) is 15.8. The van der Waals surface area contributed by atoms with Crippen molar-refractivity contribution in [2.45, 2.75) is 13.0 Å². The van der Waals surface area contributed by atoms with E-state index in [2.05, 4.69) is 26.7 Å². The van der Waals surface area contributed by atoms with Crippen LogP contribution in [0, 0.1) is 0 Å². The van der Waals surface area contributed by atoms with Crippen molar-refractivity contribution in [2.24, 2.45) is 4.99 Å². The summed E-state index contributed by atoms with van der Waals surface area (Å²) in [4.78, 5) is 8.24. The second-order valence-corrected chi connectivity index (χ2v) is 5.55. The van der Waals surface area contributed by atoms with E-state index in [1.807, 2.05) is 24.3 Å². The molecule has 0 saturated carbocycles. The second kappa shape index (κ2) is 10.7. The number of hydrogen-bond acceptors (Lipinski definition) is 2. The van der Waals surface area contributed by atoms with E-state index in [1.165, 1.54) is 5.56 Å². The monoisotopic (exact) mass is 464 g/mol. The molecule has 23 heavy (non-hydrogen) atoms. The van der Waals surface area contributed by atoms with Crippen LogP contribution in [-0.4, -0.2) is 24.5 Å². The Bertz CT molecular complexity index is 632. The third-order valence-electron chi connectivity index (χ3n) is 3.07. The van der Waals surface area contributed by atoms with Crippen molar-refractivity contribution in [3.8, 4) is 0 Å². The number of nitrogens with one attached hydrogen (secondary N) is 2. The van der Waals surface area contributed by atoms with E-state index in [9.17, 15) is 0 Å². The lowest BCUT2D eigenvalue weighted by Crippen LogP contribution is -2.37. The average molecular weight is 465 g/mol. The molecule has 0 spiro atoms. The van der Waals surface area contributed by atoms with Gasteiger partial charge in [-0.2, -0.15) is 0 Å². The molecule has 4 nitrogen and oxygen atoms in total. The largest absolute Gasteiger partial charge is 0.356 e. The quantitative estimate of drug-likeness (QED) is 0.305. The van der Waals surface area contributed by atoms with Gasteiger partial charge in [-0.15, -0.1) is 24.0 Å². The van der Waals surface area contributed by atoms with Gasteiger partial charge in [0.25, 0.3) is 0 Å². The normalized spacial score (nSPS) is 10.8. The Hall–Kier alpha value is -1.05. The summed E-state index contributed by atoms with van der Waals surface area (Å²) in [5, 5.41) is 7.75. The summed E-state index contributed by atoms with van der Waals surface area (Å²) >= 11 is 11.7. The smallest absolute Gasteiger partial charge is 0.191 e. The maximum atomic E-state index is 5.97. The van der Waals surface area contributed by atoms with Gasteiger partial charge in [-0.1, -0.05) is 41.4 Å². The molecule has 2 aromatic rings. The van der Waals surface area contributed by atoms with Gasteiger partial charge in [0.2, 0.25) is 0 Å². The molecule has 0 aliphatic carbocycles. The predicted molar refractivity (Wildman–Crippen MR) is 108 cm³/mol. The maximum absolute atomic E-state index is 5.97. The lowest BCUT2D eigenvalue weighted by Gasteiger charge is -2.12. The van der Waals surface area contributed by atoms with Crippen LogP contribution in [0.15, 0.2) is 47.6 Å². The van der Waals surface area contributed by atoms with Crippen LogP contribution in [0.5, 0.6) is 0 Å².